The second-order valence-electron chi connectivity index (χ2n) is 3.66. The maximum Gasteiger partial charge on any atom is 0.291 e. The summed E-state index contributed by atoms with van der Waals surface area (Å²) in [6.07, 6.45) is 0.184. The predicted molar refractivity (Wildman–Crippen MR) is 52.6 cm³/mol. The summed E-state index contributed by atoms with van der Waals surface area (Å²) in [5, 5.41) is 6.05. The quantitative estimate of drug-likeness (QED) is 0.773. The maximum atomic E-state index is 13.5. The van der Waals surface area contributed by atoms with Gasteiger partial charge in [-0.15, -0.1) is 0 Å². The lowest BCUT2D eigenvalue weighted by molar-refractivity contribution is -0.0177. The minimum absolute atomic E-state index is 0.0397. The van der Waals surface area contributed by atoms with E-state index in [0.717, 1.165) is 0 Å². The van der Waals surface area contributed by atoms with Gasteiger partial charge in [-0.2, -0.15) is 5.10 Å². The van der Waals surface area contributed by atoms with Crippen molar-refractivity contribution in [1.29, 1.82) is 0 Å². The molecule has 0 bridgehead atoms. The standard InChI is InChI=1S/C9H13FN4O2/c1-16-7-2-3-14(4-6(7)10)9(15)8-11-5-12-13-8/h5-7H,2-4H2,1H3,(H,11,12,13)/t6-,7+/m1/s1. The highest BCUT2D eigenvalue weighted by atomic mass is 19.1. The van der Waals surface area contributed by atoms with Crippen LogP contribution in [0.3, 0.4) is 0 Å². The van der Waals surface area contributed by atoms with Crippen LogP contribution in [-0.4, -0.2) is 58.5 Å². The molecule has 1 aliphatic rings. The molecule has 0 aliphatic carbocycles. The fourth-order valence-corrected chi connectivity index (χ4v) is 1.79. The van der Waals surface area contributed by atoms with E-state index in [0.29, 0.717) is 13.0 Å². The third kappa shape index (κ3) is 2.04. The Kier molecular flexibility index (Phi) is 3.14. The number of likely N-dealkylation sites (tertiary alicyclic amines) is 1. The summed E-state index contributed by atoms with van der Waals surface area (Å²) in [6.45, 7) is 0.510. The van der Waals surface area contributed by atoms with Gasteiger partial charge in [0.1, 0.15) is 12.5 Å². The van der Waals surface area contributed by atoms with Gasteiger partial charge >= 0.3 is 0 Å². The molecule has 0 spiro atoms. The SMILES string of the molecule is CO[C@H]1CCN(C(=O)c2ncn[nH]2)C[C@H]1F. The minimum atomic E-state index is -1.15. The number of nitrogens with one attached hydrogen (secondary N) is 1. The molecule has 2 rings (SSSR count). The zero-order chi connectivity index (χ0) is 11.5. The molecule has 1 aromatic heterocycles. The van der Waals surface area contributed by atoms with Crippen molar-refractivity contribution in [2.45, 2.75) is 18.7 Å². The highest BCUT2D eigenvalue weighted by Crippen LogP contribution is 2.17. The number of methoxy groups -OCH3 is 1. The molecule has 88 valence electrons. The lowest BCUT2D eigenvalue weighted by Gasteiger charge is -2.33. The van der Waals surface area contributed by atoms with E-state index in [2.05, 4.69) is 15.2 Å². The molecule has 0 aromatic carbocycles. The summed E-state index contributed by atoms with van der Waals surface area (Å²) in [5.41, 5.74) is 0. The Balaban J connectivity index is 2.00. The number of alkyl halides is 1. The van der Waals surface area contributed by atoms with E-state index in [-0.39, 0.29) is 18.3 Å². The zero-order valence-electron chi connectivity index (χ0n) is 8.89. The average molecular weight is 228 g/mol. The summed E-state index contributed by atoms with van der Waals surface area (Å²) in [7, 11) is 1.48. The Morgan fingerprint density at radius 2 is 2.56 bits per heavy atom. The van der Waals surface area contributed by atoms with Crippen molar-refractivity contribution in [3.63, 3.8) is 0 Å². The number of aromatic nitrogens is 3. The number of hydrogen-bond acceptors (Lipinski definition) is 4. The van der Waals surface area contributed by atoms with Crippen molar-refractivity contribution in [1.82, 2.24) is 20.1 Å². The summed E-state index contributed by atoms with van der Waals surface area (Å²) < 4.78 is 18.5. The molecule has 2 atom stereocenters. The molecular formula is C9H13FN4O2. The van der Waals surface area contributed by atoms with Crippen molar-refractivity contribution in [3.05, 3.63) is 12.2 Å². The van der Waals surface area contributed by atoms with Gasteiger partial charge in [-0.1, -0.05) is 0 Å². The van der Waals surface area contributed by atoms with Crippen molar-refractivity contribution in [3.8, 4) is 0 Å². The third-order valence-electron chi connectivity index (χ3n) is 2.69. The number of H-pyrrole nitrogens is 1. The third-order valence-corrected chi connectivity index (χ3v) is 2.69. The van der Waals surface area contributed by atoms with Crippen LogP contribution >= 0.6 is 0 Å². The van der Waals surface area contributed by atoms with Crippen LogP contribution in [0.5, 0.6) is 0 Å². The van der Waals surface area contributed by atoms with Crippen LogP contribution in [0.15, 0.2) is 6.33 Å². The van der Waals surface area contributed by atoms with Gasteiger partial charge in [-0.05, 0) is 6.42 Å². The predicted octanol–water partition coefficient (Wildman–Crippen LogP) is 0.00370. The number of piperidine rings is 1. The van der Waals surface area contributed by atoms with E-state index in [1.54, 1.807) is 0 Å². The van der Waals surface area contributed by atoms with Gasteiger partial charge in [0.05, 0.1) is 12.6 Å². The highest BCUT2D eigenvalue weighted by molar-refractivity contribution is 5.90. The van der Waals surface area contributed by atoms with Crippen molar-refractivity contribution >= 4 is 5.91 Å². The number of rotatable bonds is 2. The van der Waals surface area contributed by atoms with Crippen LogP contribution < -0.4 is 0 Å². The molecule has 0 saturated carbocycles. The molecule has 1 aliphatic heterocycles. The first-order chi connectivity index (χ1) is 7.72. The van der Waals surface area contributed by atoms with Crippen LogP contribution in [-0.2, 0) is 4.74 Å². The van der Waals surface area contributed by atoms with Gasteiger partial charge in [0, 0.05) is 13.7 Å². The Morgan fingerprint density at radius 1 is 1.75 bits per heavy atom. The number of amides is 1. The van der Waals surface area contributed by atoms with E-state index in [1.807, 2.05) is 0 Å². The molecular weight excluding hydrogens is 215 g/mol. The van der Waals surface area contributed by atoms with Crippen molar-refractivity contribution < 1.29 is 13.9 Å². The second-order valence-corrected chi connectivity index (χ2v) is 3.66. The van der Waals surface area contributed by atoms with Crippen LogP contribution in [0.1, 0.15) is 17.0 Å². The number of ether oxygens (including phenoxy) is 1. The number of halogens is 1. The molecule has 6 nitrogen and oxygen atoms in total. The lowest BCUT2D eigenvalue weighted by Crippen LogP contribution is -2.48. The fourth-order valence-electron chi connectivity index (χ4n) is 1.79. The van der Waals surface area contributed by atoms with Crippen LogP contribution in [0.25, 0.3) is 0 Å². The molecule has 2 heterocycles. The molecule has 1 N–H and O–H groups in total. The molecule has 16 heavy (non-hydrogen) atoms. The smallest absolute Gasteiger partial charge is 0.291 e. The van der Waals surface area contributed by atoms with Gasteiger partial charge in [-0.25, -0.2) is 9.37 Å². The number of nitrogens with zero attached hydrogens (tertiary/aromatic N) is 3. The molecule has 0 unspecified atom stereocenters. The monoisotopic (exact) mass is 228 g/mol. The first-order valence-electron chi connectivity index (χ1n) is 5.04. The fraction of sp³-hybridized carbons (Fsp3) is 0.667. The van der Waals surface area contributed by atoms with Crippen LogP contribution in [0.2, 0.25) is 0 Å². The molecule has 1 aromatic rings. The normalized spacial score (nSPS) is 25.8. The summed E-state index contributed by atoms with van der Waals surface area (Å²) >= 11 is 0. The van der Waals surface area contributed by atoms with Crippen LogP contribution in [0.4, 0.5) is 4.39 Å². The molecule has 0 radical (unpaired) electrons. The van der Waals surface area contributed by atoms with E-state index < -0.39 is 12.3 Å². The topological polar surface area (TPSA) is 71.1 Å². The van der Waals surface area contributed by atoms with Crippen molar-refractivity contribution in [2.75, 3.05) is 20.2 Å². The number of carbonyl (C=O) groups excluding carboxylic acids is 1. The summed E-state index contributed by atoms with van der Waals surface area (Å²) in [4.78, 5) is 16.9. The van der Waals surface area contributed by atoms with Gasteiger partial charge in [0.2, 0.25) is 5.82 Å². The van der Waals surface area contributed by atoms with E-state index in [4.69, 9.17) is 4.74 Å². The number of aromatic amines is 1. The molecule has 1 amide bonds. The first kappa shape index (κ1) is 11.0. The Labute approximate surface area is 91.8 Å². The largest absolute Gasteiger partial charge is 0.378 e. The van der Waals surface area contributed by atoms with Gasteiger partial charge in [0.25, 0.3) is 5.91 Å². The van der Waals surface area contributed by atoms with Crippen molar-refractivity contribution in [2.24, 2.45) is 0 Å². The number of hydrogen-bond donors (Lipinski definition) is 1. The van der Waals surface area contributed by atoms with E-state index in [9.17, 15) is 9.18 Å². The van der Waals surface area contributed by atoms with Gasteiger partial charge in [0.15, 0.2) is 0 Å². The first-order valence-corrected chi connectivity index (χ1v) is 5.04. The Bertz CT molecular complexity index is 356. The average Bonchev–Trinajstić information content (AvgIpc) is 2.81. The number of carbonyl (C=O) groups is 1. The van der Waals surface area contributed by atoms with E-state index in [1.165, 1.54) is 18.3 Å². The Morgan fingerprint density at radius 3 is 3.12 bits per heavy atom. The molecule has 7 heteroatoms. The zero-order valence-corrected chi connectivity index (χ0v) is 8.89. The molecule has 1 saturated heterocycles. The summed E-state index contributed by atoms with van der Waals surface area (Å²) in [6, 6.07) is 0. The molecule has 1 fully saturated rings. The Hall–Kier alpha value is -1.50. The van der Waals surface area contributed by atoms with E-state index >= 15 is 0 Å². The second kappa shape index (κ2) is 4.56. The summed E-state index contributed by atoms with van der Waals surface area (Å²) in [5.74, 6) is -0.183. The lowest BCUT2D eigenvalue weighted by atomic mass is 10.1. The highest BCUT2D eigenvalue weighted by Gasteiger charge is 2.32. The van der Waals surface area contributed by atoms with Gasteiger partial charge in [-0.3, -0.25) is 9.89 Å². The van der Waals surface area contributed by atoms with Gasteiger partial charge < -0.3 is 9.64 Å². The minimum Gasteiger partial charge on any atom is -0.378 e. The van der Waals surface area contributed by atoms with Crippen LogP contribution in [0, 0.1) is 0 Å². The maximum absolute atomic E-state index is 13.5.